The van der Waals surface area contributed by atoms with E-state index in [2.05, 4.69) is 45.1 Å². The second-order valence-electron chi connectivity index (χ2n) is 5.11. The number of methoxy groups -OCH3 is 1. The second kappa shape index (κ2) is 5.52. The highest BCUT2D eigenvalue weighted by Crippen LogP contribution is 2.30. The molecule has 0 saturated heterocycles. The van der Waals surface area contributed by atoms with Crippen molar-refractivity contribution in [1.29, 1.82) is 0 Å². The van der Waals surface area contributed by atoms with Gasteiger partial charge in [0.05, 0.1) is 13.8 Å². The molecule has 3 heteroatoms. The number of nitrogens with one attached hydrogen (secondary N) is 1. The molecule has 0 aliphatic heterocycles. The van der Waals surface area contributed by atoms with Gasteiger partial charge in [0.1, 0.15) is 5.75 Å². The van der Waals surface area contributed by atoms with Crippen molar-refractivity contribution in [2.24, 2.45) is 0 Å². The molecule has 0 aliphatic carbocycles. The number of benzene rings is 1. The van der Waals surface area contributed by atoms with Crippen LogP contribution in [0.1, 0.15) is 30.5 Å². The van der Waals surface area contributed by atoms with Crippen molar-refractivity contribution in [2.75, 3.05) is 20.4 Å². The first kappa shape index (κ1) is 14.0. The van der Waals surface area contributed by atoms with E-state index in [1.807, 2.05) is 0 Å². The highest BCUT2D eigenvalue weighted by Gasteiger charge is 2.21. The molecule has 0 radical (unpaired) electrons. The fraction of sp³-hybridized carbons (Fsp3) is 0.571. The number of rotatable bonds is 5. The highest BCUT2D eigenvalue weighted by atomic mass is 16.5. The SMILES string of the molecule is COc1c(C)cc(C(C)(C)CNCO)cc1C. The molecule has 3 nitrogen and oxygen atoms in total. The molecule has 0 spiro atoms. The van der Waals surface area contributed by atoms with Gasteiger partial charge in [-0.25, -0.2) is 0 Å². The minimum absolute atomic E-state index is 0.00940. The van der Waals surface area contributed by atoms with Crippen LogP contribution in [0.4, 0.5) is 0 Å². The maximum Gasteiger partial charge on any atom is 0.124 e. The number of aliphatic hydroxyl groups is 1. The molecule has 17 heavy (non-hydrogen) atoms. The third kappa shape index (κ3) is 3.20. The number of hydrogen-bond acceptors (Lipinski definition) is 3. The maximum absolute atomic E-state index is 8.84. The van der Waals surface area contributed by atoms with E-state index >= 15 is 0 Å². The Morgan fingerprint density at radius 3 is 2.18 bits per heavy atom. The average molecular weight is 237 g/mol. The van der Waals surface area contributed by atoms with Crippen LogP contribution >= 0.6 is 0 Å². The molecule has 0 aliphatic rings. The zero-order chi connectivity index (χ0) is 13.1. The molecule has 0 atom stereocenters. The summed E-state index contributed by atoms with van der Waals surface area (Å²) in [7, 11) is 1.70. The first-order valence-corrected chi connectivity index (χ1v) is 5.89. The van der Waals surface area contributed by atoms with Gasteiger partial charge in [-0.3, -0.25) is 5.32 Å². The molecule has 0 bridgehead atoms. The quantitative estimate of drug-likeness (QED) is 0.771. The number of aliphatic hydroxyl groups excluding tert-OH is 1. The van der Waals surface area contributed by atoms with Crippen molar-refractivity contribution in [2.45, 2.75) is 33.1 Å². The Balaban J connectivity index is 3.07. The maximum atomic E-state index is 8.84. The standard InChI is InChI=1S/C14H23NO2/c1-10-6-12(7-11(2)13(10)17-5)14(3,4)8-15-9-16/h6-7,15-16H,8-9H2,1-5H3. The zero-order valence-corrected chi connectivity index (χ0v) is 11.4. The molecular weight excluding hydrogens is 214 g/mol. The van der Waals surface area contributed by atoms with E-state index in [9.17, 15) is 0 Å². The van der Waals surface area contributed by atoms with Gasteiger partial charge in [0.15, 0.2) is 0 Å². The topological polar surface area (TPSA) is 41.5 Å². The Morgan fingerprint density at radius 1 is 1.24 bits per heavy atom. The Kier molecular flexibility index (Phi) is 4.54. The van der Waals surface area contributed by atoms with Crippen molar-refractivity contribution < 1.29 is 9.84 Å². The van der Waals surface area contributed by atoms with Crippen molar-refractivity contribution in [3.8, 4) is 5.75 Å². The summed E-state index contributed by atoms with van der Waals surface area (Å²) in [4.78, 5) is 0. The van der Waals surface area contributed by atoms with Crippen molar-refractivity contribution in [3.05, 3.63) is 28.8 Å². The van der Waals surface area contributed by atoms with Crippen molar-refractivity contribution >= 4 is 0 Å². The summed E-state index contributed by atoms with van der Waals surface area (Å²) < 4.78 is 5.37. The molecule has 1 aromatic carbocycles. The van der Waals surface area contributed by atoms with Crippen LogP contribution in [-0.2, 0) is 5.41 Å². The molecule has 0 amide bonds. The van der Waals surface area contributed by atoms with Gasteiger partial charge in [-0.05, 0) is 30.5 Å². The number of ether oxygens (including phenoxy) is 1. The first-order valence-electron chi connectivity index (χ1n) is 5.89. The van der Waals surface area contributed by atoms with Crippen LogP contribution in [0, 0.1) is 13.8 Å². The molecule has 0 aromatic heterocycles. The first-order chi connectivity index (χ1) is 7.92. The van der Waals surface area contributed by atoms with E-state index in [1.54, 1.807) is 7.11 Å². The lowest BCUT2D eigenvalue weighted by Crippen LogP contribution is -2.33. The summed E-state index contributed by atoms with van der Waals surface area (Å²) in [5.41, 5.74) is 3.55. The number of hydrogen-bond donors (Lipinski definition) is 2. The molecule has 0 saturated carbocycles. The van der Waals surface area contributed by atoms with Crippen LogP contribution in [-0.4, -0.2) is 25.5 Å². The summed E-state index contributed by atoms with van der Waals surface area (Å²) in [6.45, 7) is 9.20. The summed E-state index contributed by atoms with van der Waals surface area (Å²) in [5.74, 6) is 0.958. The van der Waals surface area contributed by atoms with Gasteiger partial charge in [0.2, 0.25) is 0 Å². The molecule has 0 fully saturated rings. The van der Waals surface area contributed by atoms with E-state index in [-0.39, 0.29) is 12.1 Å². The number of aryl methyl sites for hydroxylation is 2. The van der Waals surface area contributed by atoms with E-state index in [4.69, 9.17) is 9.84 Å². The van der Waals surface area contributed by atoms with Gasteiger partial charge in [-0.1, -0.05) is 26.0 Å². The lowest BCUT2D eigenvalue weighted by molar-refractivity contribution is 0.247. The molecule has 96 valence electrons. The van der Waals surface area contributed by atoms with E-state index in [0.29, 0.717) is 0 Å². The lowest BCUT2D eigenvalue weighted by atomic mass is 9.83. The van der Waals surface area contributed by atoms with E-state index in [1.165, 1.54) is 5.56 Å². The molecule has 0 heterocycles. The van der Waals surface area contributed by atoms with Gasteiger partial charge < -0.3 is 9.84 Å². The Hall–Kier alpha value is -1.06. The Morgan fingerprint density at radius 2 is 1.76 bits per heavy atom. The van der Waals surface area contributed by atoms with Crippen LogP contribution in [0.3, 0.4) is 0 Å². The van der Waals surface area contributed by atoms with Gasteiger partial charge in [0, 0.05) is 12.0 Å². The second-order valence-corrected chi connectivity index (χ2v) is 5.11. The van der Waals surface area contributed by atoms with Crippen LogP contribution < -0.4 is 10.1 Å². The Bertz CT molecular complexity index is 363. The molecule has 2 N–H and O–H groups in total. The summed E-state index contributed by atoms with van der Waals surface area (Å²) in [6.07, 6.45) is 0. The van der Waals surface area contributed by atoms with Crippen LogP contribution in [0.15, 0.2) is 12.1 Å². The average Bonchev–Trinajstić information content (AvgIpc) is 2.26. The highest BCUT2D eigenvalue weighted by molar-refractivity contribution is 5.45. The minimum Gasteiger partial charge on any atom is -0.496 e. The van der Waals surface area contributed by atoms with Gasteiger partial charge in [-0.15, -0.1) is 0 Å². The minimum atomic E-state index is -0.00940. The third-order valence-corrected chi connectivity index (χ3v) is 3.12. The molecular formula is C14H23NO2. The summed E-state index contributed by atoms with van der Waals surface area (Å²) in [6, 6.07) is 4.32. The van der Waals surface area contributed by atoms with Crippen molar-refractivity contribution in [1.82, 2.24) is 5.32 Å². The van der Waals surface area contributed by atoms with Crippen LogP contribution in [0.2, 0.25) is 0 Å². The smallest absolute Gasteiger partial charge is 0.124 e. The van der Waals surface area contributed by atoms with Crippen LogP contribution in [0.25, 0.3) is 0 Å². The Labute approximate surface area is 104 Å². The van der Waals surface area contributed by atoms with E-state index < -0.39 is 0 Å². The predicted octanol–water partition coefficient (Wildman–Crippen LogP) is 2.13. The largest absolute Gasteiger partial charge is 0.496 e. The fourth-order valence-electron chi connectivity index (χ4n) is 2.13. The van der Waals surface area contributed by atoms with Crippen molar-refractivity contribution in [3.63, 3.8) is 0 Å². The van der Waals surface area contributed by atoms with Gasteiger partial charge in [0.25, 0.3) is 0 Å². The van der Waals surface area contributed by atoms with Gasteiger partial charge in [-0.2, -0.15) is 0 Å². The van der Waals surface area contributed by atoms with Gasteiger partial charge >= 0.3 is 0 Å². The summed E-state index contributed by atoms with van der Waals surface area (Å²) in [5, 5.41) is 11.8. The molecule has 1 rings (SSSR count). The molecule has 1 aromatic rings. The predicted molar refractivity (Wildman–Crippen MR) is 70.6 cm³/mol. The normalized spacial score (nSPS) is 11.6. The fourth-order valence-corrected chi connectivity index (χ4v) is 2.13. The zero-order valence-electron chi connectivity index (χ0n) is 11.4. The molecule has 0 unspecified atom stereocenters. The van der Waals surface area contributed by atoms with E-state index in [0.717, 1.165) is 23.4 Å². The van der Waals surface area contributed by atoms with Crippen LogP contribution in [0.5, 0.6) is 5.75 Å². The monoisotopic (exact) mass is 237 g/mol. The third-order valence-electron chi connectivity index (χ3n) is 3.12. The lowest BCUT2D eigenvalue weighted by Gasteiger charge is -2.27. The summed E-state index contributed by atoms with van der Waals surface area (Å²) >= 11 is 0.